The Morgan fingerprint density at radius 1 is 0.958 bits per heavy atom. The van der Waals surface area contributed by atoms with Crippen LogP contribution in [0.4, 0.5) is 5.69 Å². The quantitative estimate of drug-likeness (QED) is 0.801. The van der Waals surface area contributed by atoms with E-state index in [0.29, 0.717) is 11.1 Å². The van der Waals surface area contributed by atoms with Crippen molar-refractivity contribution in [3.63, 3.8) is 0 Å². The molecule has 1 aliphatic heterocycles. The number of benzene rings is 2. The second-order valence-corrected chi connectivity index (χ2v) is 6.99. The molecule has 116 valence electrons. The molecule has 0 atom stereocenters. The lowest BCUT2D eigenvalue weighted by molar-refractivity contribution is 0.104. The number of nitrogens with zero attached hydrogens (tertiary/aromatic N) is 3. The molecule has 4 rings (SSSR count). The van der Waals surface area contributed by atoms with Gasteiger partial charge in [0.1, 0.15) is 17.7 Å². The minimum atomic E-state index is -0.349. The summed E-state index contributed by atoms with van der Waals surface area (Å²) < 4.78 is 0. The second-order valence-electron chi connectivity index (χ2n) is 5.76. The molecule has 0 radical (unpaired) electrons. The van der Waals surface area contributed by atoms with Gasteiger partial charge in [0.15, 0.2) is 0 Å². The van der Waals surface area contributed by atoms with E-state index in [4.69, 9.17) is 0 Å². The lowest BCUT2D eigenvalue weighted by atomic mass is 9.83. The number of carbonyl (C=O) groups excluding carboxylic acids is 1. The molecule has 1 fully saturated rings. The zero-order valence-corrected chi connectivity index (χ0v) is 13.7. The van der Waals surface area contributed by atoms with Gasteiger partial charge in [0.25, 0.3) is 0 Å². The number of anilines is 1. The van der Waals surface area contributed by atoms with Gasteiger partial charge in [0.05, 0.1) is 5.57 Å². The van der Waals surface area contributed by atoms with Gasteiger partial charge in [-0.3, -0.25) is 4.79 Å². The van der Waals surface area contributed by atoms with Crippen molar-refractivity contribution in [3.05, 3.63) is 47.0 Å². The van der Waals surface area contributed by atoms with Crippen molar-refractivity contribution in [2.45, 2.75) is 0 Å². The fourth-order valence-electron chi connectivity index (χ4n) is 3.47. The lowest BCUT2D eigenvalue weighted by Gasteiger charge is -2.30. The molecule has 24 heavy (non-hydrogen) atoms. The van der Waals surface area contributed by atoms with Crippen molar-refractivity contribution >= 4 is 39.6 Å². The molecule has 0 aromatic heterocycles. The maximum atomic E-state index is 12.6. The van der Waals surface area contributed by atoms with Gasteiger partial charge in [-0.05, 0) is 6.07 Å². The van der Waals surface area contributed by atoms with E-state index in [0.717, 1.165) is 41.1 Å². The van der Waals surface area contributed by atoms with Crippen LogP contribution >= 0.6 is 11.8 Å². The Hall–Kier alpha value is -2.76. The number of ketones is 1. The van der Waals surface area contributed by atoms with Crippen LogP contribution in [0, 0.1) is 22.7 Å². The van der Waals surface area contributed by atoms with Crippen LogP contribution < -0.4 is 4.90 Å². The first kappa shape index (κ1) is 14.8. The maximum absolute atomic E-state index is 12.6. The summed E-state index contributed by atoms with van der Waals surface area (Å²) in [7, 11) is 0. The summed E-state index contributed by atoms with van der Waals surface area (Å²) >= 11 is 1.95. The van der Waals surface area contributed by atoms with E-state index in [1.807, 2.05) is 42.1 Å². The summed E-state index contributed by atoms with van der Waals surface area (Å²) in [6, 6.07) is 13.5. The van der Waals surface area contributed by atoms with E-state index in [-0.39, 0.29) is 16.9 Å². The zero-order chi connectivity index (χ0) is 16.7. The summed E-state index contributed by atoms with van der Waals surface area (Å²) in [4.78, 5) is 15.0. The van der Waals surface area contributed by atoms with Crippen LogP contribution in [0.3, 0.4) is 0 Å². The highest BCUT2D eigenvalue weighted by Gasteiger charge is 2.29. The third-order valence-corrected chi connectivity index (χ3v) is 5.53. The van der Waals surface area contributed by atoms with Gasteiger partial charge in [-0.2, -0.15) is 22.3 Å². The van der Waals surface area contributed by atoms with E-state index in [1.165, 1.54) is 0 Å². The number of rotatable bonds is 1. The summed E-state index contributed by atoms with van der Waals surface area (Å²) in [6.45, 7) is 1.95. The molecule has 0 N–H and O–H groups in total. The molecule has 0 saturated carbocycles. The second kappa shape index (κ2) is 5.70. The van der Waals surface area contributed by atoms with Gasteiger partial charge >= 0.3 is 0 Å². The first-order valence-electron chi connectivity index (χ1n) is 7.74. The largest absolute Gasteiger partial charge is 0.369 e. The van der Waals surface area contributed by atoms with E-state index in [2.05, 4.69) is 11.0 Å². The van der Waals surface area contributed by atoms with Crippen molar-refractivity contribution in [2.24, 2.45) is 0 Å². The highest BCUT2D eigenvalue weighted by atomic mass is 32.2. The fourth-order valence-corrected chi connectivity index (χ4v) is 4.38. The van der Waals surface area contributed by atoms with Gasteiger partial charge in [-0.1, -0.05) is 24.3 Å². The molecule has 2 aliphatic rings. The lowest BCUT2D eigenvalue weighted by Crippen LogP contribution is -2.32. The van der Waals surface area contributed by atoms with Gasteiger partial charge in [0.2, 0.25) is 5.78 Å². The number of hydrogen-bond donors (Lipinski definition) is 0. The monoisotopic (exact) mass is 331 g/mol. The predicted octanol–water partition coefficient (Wildman–Crippen LogP) is 3.39. The Kier molecular flexibility index (Phi) is 3.52. The zero-order valence-electron chi connectivity index (χ0n) is 12.9. The molecule has 1 heterocycles. The van der Waals surface area contributed by atoms with Gasteiger partial charge in [-0.25, -0.2) is 0 Å². The van der Waals surface area contributed by atoms with E-state index < -0.39 is 0 Å². The molecule has 5 heteroatoms. The first-order chi connectivity index (χ1) is 11.8. The van der Waals surface area contributed by atoms with Crippen LogP contribution in [0.1, 0.15) is 15.9 Å². The van der Waals surface area contributed by atoms with Crippen LogP contribution in [0.2, 0.25) is 0 Å². The molecule has 0 spiro atoms. The van der Waals surface area contributed by atoms with Crippen molar-refractivity contribution < 1.29 is 4.79 Å². The summed E-state index contributed by atoms with van der Waals surface area (Å²) in [5.74, 6) is 1.83. The number of allylic oxidation sites excluding steroid dienone is 2. The normalized spacial score (nSPS) is 16.9. The van der Waals surface area contributed by atoms with Gasteiger partial charge < -0.3 is 4.90 Å². The number of hydrogen-bond acceptors (Lipinski definition) is 5. The summed E-state index contributed by atoms with van der Waals surface area (Å²) in [5.41, 5.74) is 2.44. The minimum absolute atomic E-state index is 0.0559. The molecule has 4 nitrogen and oxygen atoms in total. The topological polar surface area (TPSA) is 67.9 Å². The average molecular weight is 331 g/mol. The number of carbonyl (C=O) groups is 1. The Morgan fingerprint density at radius 3 is 2.42 bits per heavy atom. The highest BCUT2D eigenvalue weighted by molar-refractivity contribution is 7.99. The third kappa shape index (κ3) is 2.02. The fraction of sp³-hybridized carbons (Fsp3) is 0.211. The standard InChI is InChI=1S/C19H13N3OS/c20-10-15-12-4-5-17(22-6-8-24-9-7-22)13-2-1-3-14(18(12)13)19(23)16(15)11-21/h1-5H,6-9H2. The van der Waals surface area contributed by atoms with Crippen LogP contribution in [0.15, 0.2) is 35.9 Å². The Morgan fingerprint density at radius 2 is 1.71 bits per heavy atom. The van der Waals surface area contributed by atoms with Gasteiger partial charge in [-0.15, -0.1) is 0 Å². The summed E-state index contributed by atoms with van der Waals surface area (Å²) in [5, 5.41) is 20.6. The van der Waals surface area contributed by atoms with Crippen molar-refractivity contribution in [3.8, 4) is 12.1 Å². The van der Waals surface area contributed by atoms with Gasteiger partial charge in [0, 0.05) is 52.2 Å². The van der Waals surface area contributed by atoms with E-state index in [1.54, 1.807) is 6.07 Å². The molecule has 0 amide bonds. The Bertz CT molecular complexity index is 988. The summed E-state index contributed by atoms with van der Waals surface area (Å²) in [6.07, 6.45) is 0. The maximum Gasteiger partial charge on any atom is 0.205 e. The first-order valence-corrected chi connectivity index (χ1v) is 8.89. The molecule has 1 aliphatic carbocycles. The Labute approximate surface area is 144 Å². The molecule has 1 saturated heterocycles. The average Bonchev–Trinajstić information content (AvgIpc) is 2.64. The van der Waals surface area contributed by atoms with Crippen LogP contribution in [0.5, 0.6) is 0 Å². The number of nitriles is 2. The minimum Gasteiger partial charge on any atom is -0.369 e. The molecular formula is C19H13N3OS. The highest BCUT2D eigenvalue weighted by Crippen LogP contribution is 2.40. The molecule has 2 aromatic rings. The predicted molar refractivity (Wildman–Crippen MR) is 96.0 cm³/mol. The SMILES string of the molecule is N#CC1=C(C#N)c2ccc(N3CCSCC3)c3cccc(c23)C1=O. The molecular weight excluding hydrogens is 318 g/mol. The third-order valence-electron chi connectivity index (χ3n) is 4.58. The van der Waals surface area contributed by atoms with Crippen molar-refractivity contribution in [1.29, 1.82) is 10.5 Å². The van der Waals surface area contributed by atoms with Crippen molar-refractivity contribution in [2.75, 3.05) is 29.5 Å². The van der Waals surface area contributed by atoms with E-state index >= 15 is 0 Å². The Balaban J connectivity index is 2.03. The van der Waals surface area contributed by atoms with E-state index in [9.17, 15) is 15.3 Å². The molecule has 0 unspecified atom stereocenters. The number of thioether (sulfide) groups is 1. The van der Waals surface area contributed by atoms with Crippen LogP contribution in [-0.2, 0) is 0 Å². The van der Waals surface area contributed by atoms with Crippen molar-refractivity contribution in [1.82, 2.24) is 0 Å². The molecule has 2 aromatic carbocycles. The number of Topliss-reactive ketones (excluding diaryl/α,β-unsaturated/α-hetero) is 1. The molecule has 0 bridgehead atoms. The smallest absolute Gasteiger partial charge is 0.205 e. The van der Waals surface area contributed by atoms with Crippen LogP contribution in [-0.4, -0.2) is 30.4 Å². The van der Waals surface area contributed by atoms with Crippen LogP contribution in [0.25, 0.3) is 16.3 Å².